The second kappa shape index (κ2) is 6.44. The number of thioether (sulfide) groups is 1. The van der Waals surface area contributed by atoms with Crippen LogP contribution < -0.4 is 10.0 Å². The van der Waals surface area contributed by atoms with Gasteiger partial charge in [0, 0.05) is 12.1 Å². The molecule has 1 aliphatic heterocycles. The molecule has 1 aliphatic rings. The van der Waals surface area contributed by atoms with Crippen molar-refractivity contribution in [2.45, 2.75) is 18.5 Å². The Morgan fingerprint density at radius 2 is 2.25 bits per heavy atom. The van der Waals surface area contributed by atoms with Crippen molar-refractivity contribution in [3.8, 4) is 0 Å². The number of nitrogens with one attached hydrogen (secondary N) is 1. The minimum atomic E-state index is -3.28. The van der Waals surface area contributed by atoms with Gasteiger partial charge in [-0.25, -0.2) is 13.5 Å². The summed E-state index contributed by atoms with van der Waals surface area (Å²) in [5.74, 6) is 0.388. The number of nitrogen functional groups attached to an aromatic ring is 1. The van der Waals surface area contributed by atoms with E-state index in [-0.39, 0.29) is 23.2 Å². The lowest BCUT2D eigenvalue weighted by Crippen LogP contribution is -2.30. The molecule has 0 aliphatic carbocycles. The predicted molar refractivity (Wildman–Crippen MR) is 92.8 cm³/mol. The molecule has 0 amide bonds. The van der Waals surface area contributed by atoms with Gasteiger partial charge in [0.25, 0.3) is 0 Å². The summed E-state index contributed by atoms with van der Waals surface area (Å²) in [6.07, 6.45) is 0.611. The minimum Gasteiger partial charge on any atom is -0.368 e. The Morgan fingerprint density at radius 3 is 2.92 bits per heavy atom. The number of rotatable bonds is 6. The van der Waals surface area contributed by atoms with E-state index in [0.717, 1.165) is 5.56 Å². The quantitative estimate of drug-likeness (QED) is 0.578. The summed E-state index contributed by atoms with van der Waals surface area (Å²) in [4.78, 5) is 16.2. The first-order valence-corrected chi connectivity index (χ1v) is 9.97. The molecular weight excluding hydrogens is 350 g/mol. The lowest BCUT2D eigenvalue weighted by atomic mass is 10.1. The number of Topliss-reactive ketones (excluding diaryl/α,β-unsaturated/α-hetero) is 1. The van der Waals surface area contributed by atoms with Gasteiger partial charge in [0.15, 0.2) is 5.78 Å². The molecule has 0 atom stereocenters. The van der Waals surface area contributed by atoms with E-state index in [4.69, 9.17) is 5.73 Å². The zero-order chi connectivity index (χ0) is 17.3. The number of sulfonamides is 1. The highest BCUT2D eigenvalue weighted by Crippen LogP contribution is 2.31. The van der Waals surface area contributed by atoms with Crippen LogP contribution in [0.5, 0.6) is 0 Å². The van der Waals surface area contributed by atoms with Crippen molar-refractivity contribution in [2.24, 2.45) is 0 Å². The van der Waals surface area contributed by atoms with Crippen molar-refractivity contribution in [2.75, 3.05) is 28.1 Å². The number of fused-ring (bicyclic) bond motifs is 1. The van der Waals surface area contributed by atoms with Crippen LogP contribution in [0.3, 0.4) is 0 Å². The molecule has 0 saturated carbocycles. The fourth-order valence-electron chi connectivity index (χ4n) is 2.53. The highest BCUT2D eigenvalue weighted by molar-refractivity contribution is 7.99. The van der Waals surface area contributed by atoms with Gasteiger partial charge < -0.3 is 5.73 Å². The Kier molecular flexibility index (Phi) is 4.50. The average molecular weight is 367 g/mol. The number of benzene rings is 1. The summed E-state index contributed by atoms with van der Waals surface area (Å²) in [7, 11) is -3.28. The van der Waals surface area contributed by atoms with Gasteiger partial charge >= 0.3 is 0 Å². The van der Waals surface area contributed by atoms with Crippen LogP contribution in [0.2, 0.25) is 0 Å². The molecule has 0 spiro atoms. The number of H-pyrrole nitrogens is 1. The molecule has 1 aromatic heterocycles. The minimum absolute atomic E-state index is 0.0591. The van der Waals surface area contributed by atoms with E-state index in [9.17, 15) is 13.2 Å². The van der Waals surface area contributed by atoms with Crippen LogP contribution in [0.4, 0.5) is 11.6 Å². The van der Waals surface area contributed by atoms with Gasteiger partial charge in [-0.15, -0.1) is 5.10 Å². The molecule has 0 unspecified atom stereocenters. The number of aromatic nitrogens is 3. The summed E-state index contributed by atoms with van der Waals surface area (Å²) < 4.78 is 25.6. The topological polar surface area (TPSA) is 122 Å². The van der Waals surface area contributed by atoms with Crippen LogP contribution in [-0.2, 0) is 16.4 Å². The van der Waals surface area contributed by atoms with Crippen molar-refractivity contribution in [1.29, 1.82) is 0 Å². The van der Waals surface area contributed by atoms with Crippen molar-refractivity contribution in [3.05, 3.63) is 29.3 Å². The summed E-state index contributed by atoms with van der Waals surface area (Å²) in [6, 6.07) is 5.14. The van der Waals surface area contributed by atoms with Crippen molar-refractivity contribution in [3.63, 3.8) is 0 Å². The Hall–Kier alpha value is -2.07. The molecule has 2 aromatic rings. The zero-order valence-corrected chi connectivity index (χ0v) is 14.7. The van der Waals surface area contributed by atoms with Gasteiger partial charge in [0.05, 0.1) is 17.2 Å². The standard InChI is InChI=1S/C14H17N5O3S2/c1-2-24(21,22)19-6-5-9-7-10(3-4-11(9)19)12(20)8-23-14-16-13(15)17-18-14/h3-4,7H,2,5-6,8H2,1H3,(H3,15,16,17,18). The Morgan fingerprint density at radius 1 is 1.46 bits per heavy atom. The SMILES string of the molecule is CCS(=O)(=O)N1CCc2cc(C(=O)CSc3n[nH]c(N)n3)ccc21. The maximum absolute atomic E-state index is 12.3. The number of nitrogens with two attached hydrogens (primary N) is 1. The zero-order valence-electron chi connectivity index (χ0n) is 13.0. The molecule has 1 aromatic carbocycles. The van der Waals surface area contributed by atoms with E-state index in [1.165, 1.54) is 16.1 Å². The number of carbonyl (C=O) groups excluding carboxylic acids is 1. The van der Waals surface area contributed by atoms with E-state index in [0.29, 0.717) is 29.4 Å². The number of hydrogen-bond donors (Lipinski definition) is 2. The first kappa shape index (κ1) is 16.8. The highest BCUT2D eigenvalue weighted by Gasteiger charge is 2.28. The lowest BCUT2D eigenvalue weighted by molar-refractivity contribution is 0.102. The van der Waals surface area contributed by atoms with Gasteiger partial charge in [-0.05, 0) is 37.1 Å². The summed E-state index contributed by atoms with van der Waals surface area (Å²) >= 11 is 1.20. The van der Waals surface area contributed by atoms with Crippen molar-refractivity contribution >= 4 is 39.2 Å². The van der Waals surface area contributed by atoms with E-state index < -0.39 is 10.0 Å². The Bertz CT molecular complexity index is 878. The average Bonchev–Trinajstić information content (AvgIpc) is 3.18. The van der Waals surface area contributed by atoms with E-state index in [2.05, 4.69) is 15.2 Å². The predicted octanol–water partition coefficient (Wildman–Crippen LogP) is 1.07. The van der Waals surface area contributed by atoms with E-state index in [1.54, 1.807) is 25.1 Å². The molecule has 128 valence electrons. The van der Waals surface area contributed by atoms with Crippen LogP contribution in [0.25, 0.3) is 0 Å². The van der Waals surface area contributed by atoms with Crippen LogP contribution in [0.1, 0.15) is 22.8 Å². The maximum atomic E-state index is 12.3. The number of aromatic amines is 1. The fourth-order valence-corrected chi connectivity index (χ4v) is 4.38. The third-order valence-corrected chi connectivity index (χ3v) is 6.40. The molecule has 0 saturated heterocycles. The molecule has 0 fully saturated rings. The van der Waals surface area contributed by atoms with Gasteiger partial charge in [-0.2, -0.15) is 4.98 Å². The van der Waals surface area contributed by atoms with Crippen LogP contribution >= 0.6 is 11.8 Å². The molecule has 10 heteroatoms. The first-order valence-electron chi connectivity index (χ1n) is 7.38. The van der Waals surface area contributed by atoms with Crippen LogP contribution in [0.15, 0.2) is 23.4 Å². The molecule has 0 radical (unpaired) electrons. The number of anilines is 2. The number of carbonyl (C=O) groups is 1. The van der Waals surface area contributed by atoms with Gasteiger partial charge in [0.1, 0.15) is 0 Å². The van der Waals surface area contributed by atoms with Gasteiger partial charge in [-0.1, -0.05) is 11.8 Å². The van der Waals surface area contributed by atoms with Crippen molar-refractivity contribution < 1.29 is 13.2 Å². The number of nitrogens with zero attached hydrogens (tertiary/aromatic N) is 3. The molecule has 0 bridgehead atoms. The molecule has 3 rings (SSSR count). The molecular formula is C14H17N5O3S2. The Balaban J connectivity index is 1.73. The van der Waals surface area contributed by atoms with Crippen molar-refractivity contribution in [1.82, 2.24) is 15.2 Å². The monoisotopic (exact) mass is 367 g/mol. The summed E-state index contributed by atoms with van der Waals surface area (Å²) in [6.45, 7) is 2.05. The second-order valence-corrected chi connectivity index (χ2v) is 8.41. The third kappa shape index (κ3) is 3.24. The van der Waals surface area contributed by atoms with Crippen LogP contribution in [0, 0.1) is 0 Å². The summed E-state index contributed by atoms with van der Waals surface area (Å²) in [5.41, 5.74) is 7.54. The normalized spacial score (nSPS) is 14.0. The smallest absolute Gasteiger partial charge is 0.234 e. The maximum Gasteiger partial charge on any atom is 0.234 e. The molecule has 24 heavy (non-hydrogen) atoms. The molecule has 8 nitrogen and oxygen atoms in total. The first-order chi connectivity index (χ1) is 11.4. The lowest BCUT2D eigenvalue weighted by Gasteiger charge is -2.18. The highest BCUT2D eigenvalue weighted by atomic mass is 32.2. The Labute approximate surface area is 143 Å². The fraction of sp³-hybridized carbons (Fsp3) is 0.357. The van der Waals surface area contributed by atoms with E-state index in [1.807, 2.05) is 0 Å². The largest absolute Gasteiger partial charge is 0.368 e. The van der Waals surface area contributed by atoms with E-state index >= 15 is 0 Å². The summed E-state index contributed by atoms with van der Waals surface area (Å²) in [5, 5.41) is 6.79. The third-order valence-electron chi connectivity index (χ3n) is 3.77. The molecule has 2 heterocycles. The second-order valence-electron chi connectivity index (χ2n) is 5.28. The number of hydrogen-bond acceptors (Lipinski definition) is 7. The molecule has 3 N–H and O–H groups in total. The van der Waals surface area contributed by atoms with Gasteiger partial charge in [-0.3, -0.25) is 9.10 Å². The number of ketones is 1. The van der Waals surface area contributed by atoms with Gasteiger partial charge in [0.2, 0.25) is 21.1 Å². The van der Waals surface area contributed by atoms with Crippen LogP contribution in [-0.4, -0.2) is 47.4 Å².